The van der Waals surface area contributed by atoms with Crippen molar-refractivity contribution in [1.29, 1.82) is 0 Å². The topological polar surface area (TPSA) is 69.8 Å². The van der Waals surface area contributed by atoms with Gasteiger partial charge in [0.25, 0.3) is 0 Å². The second kappa shape index (κ2) is 4.86. The van der Waals surface area contributed by atoms with Gasteiger partial charge in [-0.2, -0.15) is 18.3 Å². The van der Waals surface area contributed by atoms with Gasteiger partial charge in [0.15, 0.2) is 0 Å². The molecular weight excluding hydrogens is 225 g/mol. The first kappa shape index (κ1) is 12.3. The van der Waals surface area contributed by atoms with Crippen LogP contribution in [0.3, 0.4) is 0 Å². The Morgan fingerprint density at radius 2 is 2.31 bits per heavy atom. The lowest BCUT2D eigenvalue weighted by Crippen LogP contribution is -2.41. The zero-order valence-electron chi connectivity index (χ0n) is 8.43. The van der Waals surface area contributed by atoms with E-state index in [-0.39, 0.29) is 0 Å². The number of carbonyl (C=O) groups is 1. The Bertz CT molecular complexity index is 336. The summed E-state index contributed by atoms with van der Waals surface area (Å²) in [7, 11) is 0. The first-order valence-corrected chi connectivity index (χ1v) is 4.48. The van der Waals surface area contributed by atoms with Gasteiger partial charge in [0.2, 0.25) is 0 Å². The van der Waals surface area contributed by atoms with E-state index >= 15 is 0 Å². The van der Waals surface area contributed by atoms with E-state index in [1.54, 1.807) is 18.4 Å². The third kappa shape index (κ3) is 4.20. The number of amides is 2. The number of hydrogen-bond acceptors (Lipinski definition) is 2. The van der Waals surface area contributed by atoms with Gasteiger partial charge in [-0.15, -0.1) is 0 Å². The van der Waals surface area contributed by atoms with Gasteiger partial charge < -0.3 is 10.6 Å². The van der Waals surface area contributed by atoms with Crippen LogP contribution in [-0.4, -0.2) is 28.9 Å². The Morgan fingerprint density at radius 1 is 1.62 bits per heavy atom. The summed E-state index contributed by atoms with van der Waals surface area (Å²) in [4.78, 5) is 11.0. The number of urea groups is 1. The van der Waals surface area contributed by atoms with E-state index in [1.165, 1.54) is 6.20 Å². The SMILES string of the molecule is CC(NC(=O)NCC(F)(F)F)c1cn[nH]c1. The Kier molecular flexibility index (Phi) is 3.75. The molecule has 0 saturated carbocycles. The largest absolute Gasteiger partial charge is 0.405 e. The summed E-state index contributed by atoms with van der Waals surface area (Å²) in [5.74, 6) is 0. The number of nitrogens with zero attached hydrogens (tertiary/aromatic N) is 1. The number of nitrogens with one attached hydrogen (secondary N) is 3. The lowest BCUT2D eigenvalue weighted by Gasteiger charge is -2.13. The van der Waals surface area contributed by atoms with E-state index in [0.29, 0.717) is 5.56 Å². The fourth-order valence-electron chi connectivity index (χ4n) is 1.01. The average molecular weight is 236 g/mol. The van der Waals surface area contributed by atoms with Crippen LogP contribution in [0.5, 0.6) is 0 Å². The summed E-state index contributed by atoms with van der Waals surface area (Å²) in [5, 5.41) is 10.3. The lowest BCUT2D eigenvalue weighted by atomic mass is 10.2. The Hall–Kier alpha value is -1.73. The third-order valence-corrected chi connectivity index (χ3v) is 1.82. The van der Waals surface area contributed by atoms with Crippen molar-refractivity contribution < 1.29 is 18.0 Å². The molecule has 5 nitrogen and oxygen atoms in total. The molecule has 1 heterocycles. The van der Waals surface area contributed by atoms with Crippen LogP contribution in [0.4, 0.5) is 18.0 Å². The molecule has 0 aliphatic carbocycles. The van der Waals surface area contributed by atoms with E-state index in [4.69, 9.17) is 0 Å². The zero-order valence-corrected chi connectivity index (χ0v) is 8.43. The van der Waals surface area contributed by atoms with Crippen molar-refractivity contribution in [3.8, 4) is 0 Å². The van der Waals surface area contributed by atoms with Crippen molar-refractivity contribution in [3.63, 3.8) is 0 Å². The highest BCUT2D eigenvalue weighted by Gasteiger charge is 2.27. The molecule has 1 unspecified atom stereocenters. The predicted octanol–water partition coefficient (Wildman–Crippen LogP) is 1.33. The Labute approximate surface area is 89.4 Å². The predicted molar refractivity (Wildman–Crippen MR) is 49.6 cm³/mol. The van der Waals surface area contributed by atoms with Crippen LogP contribution in [0.1, 0.15) is 18.5 Å². The Balaban J connectivity index is 2.35. The minimum absolute atomic E-state index is 0.410. The van der Waals surface area contributed by atoms with Crippen LogP contribution >= 0.6 is 0 Å². The molecule has 8 heteroatoms. The van der Waals surface area contributed by atoms with Gasteiger partial charge in [0, 0.05) is 11.8 Å². The second-order valence-corrected chi connectivity index (χ2v) is 3.20. The second-order valence-electron chi connectivity index (χ2n) is 3.20. The van der Waals surface area contributed by atoms with Crippen molar-refractivity contribution in [3.05, 3.63) is 18.0 Å². The van der Waals surface area contributed by atoms with Crippen LogP contribution in [0.25, 0.3) is 0 Å². The highest BCUT2D eigenvalue weighted by Crippen LogP contribution is 2.12. The van der Waals surface area contributed by atoms with Crippen LogP contribution < -0.4 is 10.6 Å². The molecule has 1 atom stereocenters. The molecule has 0 bridgehead atoms. The molecule has 0 saturated heterocycles. The fraction of sp³-hybridized carbons (Fsp3) is 0.500. The van der Waals surface area contributed by atoms with Crippen molar-refractivity contribution in [1.82, 2.24) is 20.8 Å². The molecule has 16 heavy (non-hydrogen) atoms. The van der Waals surface area contributed by atoms with Gasteiger partial charge in [-0.3, -0.25) is 5.10 Å². The van der Waals surface area contributed by atoms with Crippen LogP contribution in [0, 0.1) is 0 Å². The molecule has 1 rings (SSSR count). The van der Waals surface area contributed by atoms with Crippen molar-refractivity contribution in [2.75, 3.05) is 6.54 Å². The number of hydrogen-bond donors (Lipinski definition) is 3. The molecule has 0 radical (unpaired) electrons. The molecule has 0 spiro atoms. The number of halogens is 3. The molecule has 3 N–H and O–H groups in total. The zero-order chi connectivity index (χ0) is 12.2. The number of alkyl halides is 3. The van der Waals surface area contributed by atoms with Crippen molar-refractivity contribution in [2.24, 2.45) is 0 Å². The van der Waals surface area contributed by atoms with Crippen LogP contribution in [-0.2, 0) is 0 Å². The third-order valence-electron chi connectivity index (χ3n) is 1.82. The van der Waals surface area contributed by atoms with Gasteiger partial charge in [-0.25, -0.2) is 4.79 Å². The molecule has 1 aromatic heterocycles. The van der Waals surface area contributed by atoms with Gasteiger partial charge in [0.05, 0.1) is 12.2 Å². The van der Waals surface area contributed by atoms with E-state index in [2.05, 4.69) is 15.5 Å². The van der Waals surface area contributed by atoms with Gasteiger partial charge in [0.1, 0.15) is 6.54 Å². The van der Waals surface area contributed by atoms with Gasteiger partial charge in [-0.1, -0.05) is 0 Å². The highest BCUT2D eigenvalue weighted by molar-refractivity contribution is 5.74. The summed E-state index contributed by atoms with van der Waals surface area (Å²) < 4.78 is 35.3. The van der Waals surface area contributed by atoms with Crippen LogP contribution in [0.15, 0.2) is 12.4 Å². The maximum absolute atomic E-state index is 11.8. The summed E-state index contributed by atoms with van der Waals surface area (Å²) in [6.07, 6.45) is -1.38. The van der Waals surface area contributed by atoms with E-state index in [0.717, 1.165) is 0 Å². The quantitative estimate of drug-likeness (QED) is 0.741. The lowest BCUT2D eigenvalue weighted by molar-refractivity contribution is -0.122. The van der Waals surface area contributed by atoms with Gasteiger partial charge >= 0.3 is 12.2 Å². The van der Waals surface area contributed by atoms with Gasteiger partial charge in [-0.05, 0) is 6.92 Å². The standard InChI is InChI=1S/C8H11F3N4O/c1-5(6-2-13-14-3-6)15-7(16)12-4-8(9,10)11/h2-3,5H,4H2,1H3,(H,13,14)(H2,12,15,16). The average Bonchev–Trinajstić information content (AvgIpc) is 2.66. The number of rotatable bonds is 3. The number of aromatic amines is 1. The molecule has 0 fully saturated rings. The molecule has 0 aliphatic rings. The summed E-state index contributed by atoms with van der Waals surface area (Å²) in [5.41, 5.74) is 0.683. The van der Waals surface area contributed by atoms with E-state index < -0.39 is 24.8 Å². The van der Waals surface area contributed by atoms with E-state index in [9.17, 15) is 18.0 Å². The normalized spacial score (nSPS) is 13.2. The number of aromatic nitrogens is 2. The molecule has 1 aromatic rings. The first-order valence-electron chi connectivity index (χ1n) is 4.48. The first-order chi connectivity index (χ1) is 7.38. The maximum Gasteiger partial charge on any atom is 0.405 e. The molecule has 2 amide bonds. The molecule has 0 aliphatic heterocycles. The van der Waals surface area contributed by atoms with Crippen molar-refractivity contribution >= 4 is 6.03 Å². The fourth-order valence-corrected chi connectivity index (χ4v) is 1.01. The summed E-state index contributed by atoms with van der Waals surface area (Å²) >= 11 is 0. The molecule has 0 aromatic carbocycles. The summed E-state index contributed by atoms with van der Waals surface area (Å²) in [6, 6.07) is -1.28. The van der Waals surface area contributed by atoms with Crippen LogP contribution in [0.2, 0.25) is 0 Å². The smallest absolute Gasteiger partial charge is 0.332 e. The monoisotopic (exact) mass is 236 g/mol. The van der Waals surface area contributed by atoms with Crippen molar-refractivity contribution in [2.45, 2.75) is 19.1 Å². The summed E-state index contributed by atoms with van der Waals surface area (Å²) in [6.45, 7) is 0.287. The molecular formula is C8H11F3N4O. The number of H-pyrrole nitrogens is 1. The minimum atomic E-state index is -4.41. The van der Waals surface area contributed by atoms with E-state index in [1.807, 2.05) is 0 Å². The number of carbonyl (C=O) groups excluding carboxylic acids is 1. The minimum Gasteiger partial charge on any atom is -0.332 e. The molecule has 90 valence electrons. The Morgan fingerprint density at radius 3 is 2.81 bits per heavy atom. The maximum atomic E-state index is 11.8. The highest BCUT2D eigenvalue weighted by atomic mass is 19.4.